The molecule has 3 unspecified atom stereocenters. The molecule has 23 nitrogen and oxygen atoms in total. The van der Waals surface area contributed by atoms with Gasteiger partial charge in [0.05, 0.1) is 23.7 Å². The van der Waals surface area contributed by atoms with Gasteiger partial charge in [-0.05, 0) is 161 Å². The monoisotopic (exact) mass is 1550 g/mol. The lowest BCUT2D eigenvalue weighted by Crippen LogP contribution is -2.48. The van der Waals surface area contributed by atoms with Crippen LogP contribution in [0.4, 0.5) is 0 Å². The summed E-state index contributed by atoms with van der Waals surface area (Å²) in [7, 11) is 4.27. The van der Waals surface area contributed by atoms with Gasteiger partial charge in [-0.3, -0.25) is 52.9 Å². The Morgan fingerprint density at radius 2 is 0.804 bits per heavy atom. The van der Waals surface area contributed by atoms with Gasteiger partial charge in [-0.15, -0.1) is 64.6 Å². The smallest absolute Gasteiger partial charge is 0.234 e. The van der Waals surface area contributed by atoms with Crippen molar-refractivity contribution in [2.75, 3.05) is 99.2 Å². The highest BCUT2D eigenvalue weighted by Gasteiger charge is 2.36. The summed E-state index contributed by atoms with van der Waals surface area (Å²) >= 11 is 23.7. The Bertz CT molecular complexity index is 4960. The van der Waals surface area contributed by atoms with Crippen LogP contribution in [0.5, 0.6) is 0 Å². The molecule has 2 saturated heterocycles. The van der Waals surface area contributed by atoms with Gasteiger partial charge in [-0.1, -0.05) is 77.3 Å². The lowest BCUT2D eigenvalue weighted by molar-refractivity contribution is -0.123. The van der Waals surface area contributed by atoms with Gasteiger partial charge in [-0.25, -0.2) is 0 Å². The van der Waals surface area contributed by atoms with E-state index in [1.54, 1.807) is 46.4 Å². The van der Waals surface area contributed by atoms with Crippen molar-refractivity contribution in [3.63, 3.8) is 0 Å². The van der Waals surface area contributed by atoms with E-state index in [0.29, 0.717) is 60.5 Å². The number of hydrogen-bond acceptors (Lipinski definition) is 20. The molecular weight excluding hydrogens is 1470 g/mol. The number of carbonyl (C=O) groups excluding carboxylic acids is 3. The molecule has 0 saturated carbocycles. The molecule has 3 aromatic carbocycles. The molecule has 0 radical (unpaired) electrons. The van der Waals surface area contributed by atoms with Crippen LogP contribution in [0, 0.1) is 62.3 Å². The van der Waals surface area contributed by atoms with Crippen molar-refractivity contribution in [3.8, 4) is 15.0 Å². The van der Waals surface area contributed by atoms with Crippen molar-refractivity contribution < 1.29 is 14.4 Å². The van der Waals surface area contributed by atoms with E-state index in [0.717, 1.165) is 171 Å². The van der Waals surface area contributed by atoms with Gasteiger partial charge in [0.25, 0.3) is 0 Å². The molecule has 5 aliphatic rings. The molecule has 0 bridgehead atoms. The zero-order chi connectivity index (χ0) is 75.3. The third-order valence-electron chi connectivity index (χ3n) is 20.3. The van der Waals surface area contributed by atoms with Crippen LogP contribution in [0.3, 0.4) is 0 Å². The average Bonchev–Trinajstić information content (AvgIpc) is 1.61. The minimum atomic E-state index is -0.386. The number of amides is 3. The summed E-state index contributed by atoms with van der Waals surface area (Å²) in [5, 5.41) is 41.1. The maximum absolute atomic E-state index is 12.8. The second-order valence-electron chi connectivity index (χ2n) is 27.8. The van der Waals surface area contributed by atoms with Crippen LogP contribution in [-0.2, 0) is 20.8 Å². The van der Waals surface area contributed by atoms with Crippen molar-refractivity contribution in [3.05, 3.63) is 218 Å². The van der Waals surface area contributed by atoms with E-state index in [1.165, 1.54) is 31.3 Å². The van der Waals surface area contributed by atoms with Gasteiger partial charge >= 0.3 is 0 Å². The number of aliphatic imine (C=N–C) groups is 3. The zero-order valence-electron chi connectivity index (χ0n) is 62.2. The summed E-state index contributed by atoms with van der Waals surface area (Å²) in [6, 6.07) is 26.0. The first-order chi connectivity index (χ1) is 51.5. The Hall–Kier alpha value is -8.54. The van der Waals surface area contributed by atoms with Gasteiger partial charge in [0, 0.05) is 160 Å². The van der Waals surface area contributed by atoms with Crippen LogP contribution >= 0.6 is 68.8 Å². The van der Waals surface area contributed by atoms with Crippen LogP contribution in [0.2, 0.25) is 15.1 Å². The SMILES string of the molecule is Cc1sc2c(c1C)C(c1ccc(Cl)cc1)=NC(CNC(=O)CCCN1CCN(C)CC1)c1nnc(C)n1-2.Cc1sc2c(c1C)C(c1ccc(Cl)cc1)=NC(CNC(=O)CCc1cccnc1)c1nnc(C)n1-2.Cc1sc2c(c1C)C(c1ccc(Cl)cc1)=NC(CNC(=O)CN1CCN(C)CC1)c1nnc(C)n1-2. The number of likely N-dealkylation sites (N-methyl/N-ethyl adjacent to an activating group) is 2. The van der Waals surface area contributed by atoms with Crippen molar-refractivity contribution in [1.29, 1.82) is 0 Å². The molecular formula is C78H89Cl3N20O3S3. The van der Waals surface area contributed by atoms with Gasteiger partial charge in [0.2, 0.25) is 17.7 Å². The van der Waals surface area contributed by atoms with E-state index in [9.17, 15) is 14.4 Å². The van der Waals surface area contributed by atoms with Crippen LogP contribution in [0.1, 0.15) is 143 Å². The third-order valence-corrected chi connectivity index (χ3v) is 24.7. The van der Waals surface area contributed by atoms with E-state index in [4.69, 9.17) is 49.8 Å². The summed E-state index contributed by atoms with van der Waals surface area (Å²) in [6.45, 7) is 29.1. The third kappa shape index (κ3) is 17.3. The summed E-state index contributed by atoms with van der Waals surface area (Å²) in [6.07, 6.45) is 5.88. The number of piperazine rings is 2. The van der Waals surface area contributed by atoms with Gasteiger partial charge < -0.3 is 30.7 Å². The predicted molar refractivity (Wildman–Crippen MR) is 429 cm³/mol. The molecule has 12 heterocycles. The van der Waals surface area contributed by atoms with E-state index >= 15 is 0 Å². The second-order valence-corrected chi connectivity index (χ2v) is 32.7. The average molecular weight is 1560 g/mol. The highest BCUT2D eigenvalue weighted by Crippen LogP contribution is 2.42. The van der Waals surface area contributed by atoms with E-state index < -0.39 is 0 Å². The number of aromatic nitrogens is 10. The molecule has 15 rings (SSSR count). The lowest BCUT2D eigenvalue weighted by Gasteiger charge is -2.32. The fourth-order valence-electron chi connectivity index (χ4n) is 13.8. The van der Waals surface area contributed by atoms with Crippen LogP contribution in [-0.4, -0.2) is 203 Å². The molecule has 0 aliphatic carbocycles. The number of aryl methyl sites for hydroxylation is 7. The first-order valence-corrected chi connectivity index (χ1v) is 39.7. The quantitative estimate of drug-likeness (QED) is 0.0724. The summed E-state index contributed by atoms with van der Waals surface area (Å²) in [5.41, 5.74) is 13.5. The highest BCUT2D eigenvalue weighted by molar-refractivity contribution is 7.15. The largest absolute Gasteiger partial charge is 0.353 e. The van der Waals surface area contributed by atoms with Crippen molar-refractivity contribution >= 4 is 104 Å². The summed E-state index contributed by atoms with van der Waals surface area (Å²) < 4.78 is 6.29. The number of pyridine rings is 1. The Balaban J connectivity index is 0.000000142. The topological polar surface area (TPSA) is 242 Å². The highest BCUT2D eigenvalue weighted by atomic mass is 35.5. The molecule has 3 atom stereocenters. The van der Waals surface area contributed by atoms with Gasteiger partial charge in [0.15, 0.2) is 17.5 Å². The van der Waals surface area contributed by atoms with Crippen molar-refractivity contribution in [1.82, 2.24) is 84.8 Å². The molecule has 5 aliphatic heterocycles. The van der Waals surface area contributed by atoms with Crippen LogP contribution in [0.25, 0.3) is 15.0 Å². The molecule has 3 amide bonds. The maximum Gasteiger partial charge on any atom is 0.234 e. The Morgan fingerprint density at radius 1 is 0.449 bits per heavy atom. The standard InChI is InChI=1S/C27H34ClN7OS.C26H25ClN6OS.C25H30ClN7OS/c1-17-18(2)37-27-24(17)25(20-7-9-21(28)10-8-20)30-22(26-32-31-19(3)35(26)27)16-29-23(36)6-5-11-34-14-12-33(4)13-15-34;1-15-16(2)35-26-23(15)24(19-7-9-20(27)10-8-19)30-21(25-32-31-17(3)33(25)26)14-29-22(34)11-6-18-5-4-12-28-13-18;1-15-16(2)35-25-22(15)23(18-5-7-19(26)8-6-18)28-20(24-30-29-17(3)33(24)25)13-27-21(34)14-32-11-9-31(4)10-12-32/h7-10,22H,5-6,11-16H2,1-4H3,(H,29,36);4-5,7-10,12-13,21H,6,11,14H2,1-3H3,(H,29,34);5-8,20H,9-14H2,1-4H3,(H,27,34). The lowest BCUT2D eigenvalue weighted by atomic mass is 10.00. The number of fused-ring (bicyclic) bond motifs is 9. The summed E-state index contributed by atoms with van der Waals surface area (Å²) in [4.78, 5) is 70.9. The first-order valence-electron chi connectivity index (χ1n) is 36.2. The molecule has 2 fully saturated rings. The number of carbonyl (C=O) groups is 3. The summed E-state index contributed by atoms with van der Waals surface area (Å²) in [5.74, 6) is 4.65. The van der Waals surface area contributed by atoms with Gasteiger partial charge in [0.1, 0.15) is 50.6 Å². The fraction of sp³-hybridized carbons (Fsp3) is 0.397. The van der Waals surface area contributed by atoms with Crippen LogP contribution in [0.15, 0.2) is 112 Å². The maximum atomic E-state index is 12.8. The normalized spacial score (nSPS) is 17.1. The van der Waals surface area contributed by atoms with E-state index in [2.05, 4.69) is 140 Å². The number of rotatable bonds is 18. The minimum Gasteiger partial charge on any atom is -0.353 e. The Labute approximate surface area is 651 Å². The molecule has 558 valence electrons. The number of thiophene rings is 3. The number of hydrogen-bond donors (Lipinski definition) is 3. The second kappa shape index (κ2) is 33.9. The molecule has 10 aromatic rings. The molecule has 0 spiro atoms. The van der Waals surface area contributed by atoms with Crippen LogP contribution < -0.4 is 16.0 Å². The molecule has 29 heteroatoms. The molecule has 107 heavy (non-hydrogen) atoms. The van der Waals surface area contributed by atoms with E-state index in [-0.39, 0.29) is 35.8 Å². The number of benzene rings is 3. The minimum absolute atomic E-state index is 0.00614. The Morgan fingerprint density at radius 3 is 1.17 bits per heavy atom. The number of nitrogens with zero attached hydrogens (tertiary/aromatic N) is 17. The predicted octanol–water partition coefficient (Wildman–Crippen LogP) is 12.1. The van der Waals surface area contributed by atoms with E-state index in [1.807, 2.05) is 106 Å². The fourth-order valence-corrected chi connectivity index (χ4v) is 17.8. The Kier molecular flexibility index (Phi) is 24.3. The zero-order valence-corrected chi connectivity index (χ0v) is 66.9. The number of halogens is 3. The molecule has 3 N–H and O–H groups in total. The molecule has 7 aromatic heterocycles. The van der Waals surface area contributed by atoms with Crippen molar-refractivity contribution in [2.45, 2.75) is 106 Å². The van der Waals surface area contributed by atoms with Crippen molar-refractivity contribution in [2.24, 2.45) is 15.0 Å². The van der Waals surface area contributed by atoms with Gasteiger partial charge in [-0.2, -0.15) is 0 Å². The number of nitrogens with one attached hydrogen (secondary N) is 3. The first kappa shape index (κ1) is 76.6.